The van der Waals surface area contributed by atoms with E-state index in [0.29, 0.717) is 28.5 Å². The summed E-state index contributed by atoms with van der Waals surface area (Å²) < 4.78 is 21.8. The molecule has 144 valence electrons. The van der Waals surface area contributed by atoms with E-state index in [0.717, 1.165) is 36.1 Å². The van der Waals surface area contributed by atoms with Crippen molar-refractivity contribution in [2.75, 3.05) is 13.7 Å². The molecule has 0 N–H and O–H groups in total. The standard InChI is InChI=1S/C21H25ClFN3O/c1-5-14(8-10-27-4)26-18-7-9-24-20(21(18)25-19(26)6-2)15-12-17(23)13(3)11-16(15)22/h7,9,11-12,14H,5-6,8,10H2,1-4H3. The molecule has 0 spiro atoms. The molecule has 3 rings (SSSR count). The second-order valence-electron chi connectivity index (χ2n) is 6.70. The van der Waals surface area contributed by atoms with Gasteiger partial charge in [0.25, 0.3) is 0 Å². The summed E-state index contributed by atoms with van der Waals surface area (Å²) in [6.07, 6.45) is 4.42. The Hall–Kier alpha value is -1.98. The number of hydrogen-bond acceptors (Lipinski definition) is 3. The molecule has 2 aromatic heterocycles. The van der Waals surface area contributed by atoms with Gasteiger partial charge in [0.05, 0.1) is 16.2 Å². The predicted molar refractivity (Wildman–Crippen MR) is 108 cm³/mol. The number of benzene rings is 1. The van der Waals surface area contributed by atoms with E-state index >= 15 is 0 Å². The molecule has 0 radical (unpaired) electrons. The summed E-state index contributed by atoms with van der Waals surface area (Å²) in [5.74, 6) is 0.695. The van der Waals surface area contributed by atoms with Crippen LogP contribution in [0.15, 0.2) is 24.4 Å². The van der Waals surface area contributed by atoms with Gasteiger partial charge in [-0.25, -0.2) is 9.37 Å². The monoisotopic (exact) mass is 389 g/mol. The summed E-state index contributed by atoms with van der Waals surface area (Å²) >= 11 is 6.42. The zero-order valence-electron chi connectivity index (χ0n) is 16.2. The molecule has 4 nitrogen and oxygen atoms in total. The van der Waals surface area contributed by atoms with E-state index in [9.17, 15) is 4.39 Å². The summed E-state index contributed by atoms with van der Waals surface area (Å²) in [6.45, 7) is 6.64. The van der Waals surface area contributed by atoms with Crippen LogP contribution in [0.3, 0.4) is 0 Å². The summed E-state index contributed by atoms with van der Waals surface area (Å²) in [5, 5.41) is 0.480. The molecule has 0 aliphatic carbocycles. The quantitative estimate of drug-likeness (QED) is 0.516. The normalized spacial score (nSPS) is 12.7. The third-order valence-electron chi connectivity index (χ3n) is 4.99. The number of ether oxygens (including phenoxy) is 1. The van der Waals surface area contributed by atoms with Crippen LogP contribution in [0.25, 0.3) is 22.3 Å². The van der Waals surface area contributed by atoms with Crippen molar-refractivity contribution >= 4 is 22.6 Å². The first-order chi connectivity index (χ1) is 13.0. The third-order valence-corrected chi connectivity index (χ3v) is 5.31. The number of aryl methyl sites for hydroxylation is 2. The van der Waals surface area contributed by atoms with E-state index in [1.54, 1.807) is 26.3 Å². The molecule has 0 aliphatic rings. The highest BCUT2D eigenvalue weighted by atomic mass is 35.5. The van der Waals surface area contributed by atoms with Crippen molar-refractivity contribution in [1.82, 2.24) is 14.5 Å². The van der Waals surface area contributed by atoms with E-state index in [2.05, 4.69) is 23.4 Å². The molecule has 2 heterocycles. The van der Waals surface area contributed by atoms with Crippen molar-refractivity contribution in [3.05, 3.63) is 46.6 Å². The number of imidazole rings is 1. The molecule has 3 aromatic rings. The van der Waals surface area contributed by atoms with Crippen LogP contribution in [0.2, 0.25) is 5.02 Å². The number of fused-ring (bicyclic) bond motifs is 1. The van der Waals surface area contributed by atoms with Gasteiger partial charge in [0, 0.05) is 37.9 Å². The van der Waals surface area contributed by atoms with Crippen molar-refractivity contribution in [2.45, 2.75) is 46.1 Å². The fourth-order valence-electron chi connectivity index (χ4n) is 3.52. The minimum absolute atomic E-state index is 0.283. The molecule has 0 aliphatic heterocycles. The van der Waals surface area contributed by atoms with Gasteiger partial charge in [-0.15, -0.1) is 0 Å². The summed E-state index contributed by atoms with van der Waals surface area (Å²) in [5.41, 5.74) is 3.46. The van der Waals surface area contributed by atoms with Crippen LogP contribution >= 0.6 is 11.6 Å². The Morgan fingerprint density at radius 3 is 2.74 bits per heavy atom. The largest absolute Gasteiger partial charge is 0.385 e. The van der Waals surface area contributed by atoms with Gasteiger partial charge in [0.1, 0.15) is 17.2 Å². The van der Waals surface area contributed by atoms with Crippen LogP contribution in [0.5, 0.6) is 0 Å². The molecular weight excluding hydrogens is 365 g/mol. The average Bonchev–Trinajstić information content (AvgIpc) is 3.04. The number of rotatable bonds is 7. The van der Waals surface area contributed by atoms with Crippen LogP contribution < -0.4 is 0 Å². The Labute approximate surface area is 164 Å². The number of hydrogen-bond donors (Lipinski definition) is 0. The number of pyridine rings is 1. The first-order valence-electron chi connectivity index (χ1n) is 9.32. The van der Waals surface area contributed by atoms with E-state index < -0.39 is 0 Å². The van der Waals surface area contributed by atoms with Gasteiger partial charge in [-0.3, -0.25) is 4.98 Å². The highest BCUT2D eigenvalue weighted by molar-refractivity contribution is 6.33. The van der Waals surface area contributed by atoms with Crippen molar-refractivity contribution in [3.8, 4) is 11.3 Å². The zero-order chi connectivity index (χ0) is 19.6. The molecular formula is C21H25ClFN3O. The minimum atomic E-state index is -0.296. The van der Waals surface area contributed by atoms with E-state index in [-0.39, 0.29) is 11.9 Å². The topological polar surface area (TPSA) is 39.9 Å². The van der Waals surface area contributed by atoms with Crippen LogP contribution in [-0.2, 0) is 11.2 Å². The lowest BCUT2D eigenvalue weighted by Crippen LogP contribution is -2.13. The van der Waals surface area contributed by atoms with Gasteiger partial charge in [-0.1, -0.05) is 25.4 Å². The molecule has 6 heteroatoms. The summed E-state index contributed by atoms with van der Waals surface area (Å²) in [7, 11) is 1.72. The Bertz CT molecular complexity index is 954. The molecule has 1 unspecified atom stereocenters. The van der Waals surface area contributed by atoms with Crippen molar-refractivity contribution < 1.29 is 9.13 Å². The lowest BCUT2D eigenvalue weighted by Gasteiger charge is -2.20. The summed E-state index contributed by atoms with van der Waals surface area (Å²) in [6, 6.07) is 5.34. The van der Waals surface area contributed by atoms with E-state index in [1.807, 2.05) is 6.07 Å². The lowest BCUT2D eigenvalue weighted by atomic mass is 10.1. The first kappa shape index (κ1) is 19.8. The average molecular weight is 390 g/mol. The molecule has 27 heavy (non-hydrogen) atoms. The molecule has 0 amide bonds. The molecule has 1 aromatic carbocycles. The fraction of sp³-hybridized carbons (Fsp3) is 0.429. The molecule has 0 saturated heterocycles. The number of halogens is 2. The Balaban J connectivity index is 2.22. The fourth-order valence-corrected chi connectivity index (χ4v) is 3.83. The zero-order valence-corrected chi connectivity index (χ0v) is 17.0. The maximum Gasteiger partial charge on any atom is 0.126 e. The van der Waals surface area contributed by atoms with Gasteiger partial charge >= 0.3 is 0 Å². The molecule has 1 atom stereocenters. The van der Waals surface area contributed by atoms with Gasteiger partial charge < -0.3 is 9.30 Å². The van der Waals surface area contributed by atoms with Crippen LogP contribution in [0.1, 0.15) is 44.1 Å². The van der Waals surface area contributed by atoms with Crippen molar-refractivity contribution in [2.24, 2.45) is 0 Å². The van der Waals surface area contributed by atoms with Gasteiger partial charge in [0.15, 0.2) is 0 Å². The minimum Gasteiger partial charge on any atom is -0.385 e. The van der Waals surface area contributed by atoms with Crippen LogP contribution in [0.4, 0.5) is 4.39 Å². The maximum absolute atomic E-state index is 14.2. The Morgan fingerprint density at radius 1 is 1.30 bits per heavy atom. The van der Waals surface area contributed by atoms with Crippen molar-refractivity contribution in [1.29, 1.82) is 0 Å². The highest BCUT2D eigenvalue weighted by Gasteiger charge is 2.21. The lowest BCUT2D eigenvalue weighted by molar-refractivity contribution is 0.177. The highest BCUT2D eigenvalue weighted by Crippen LogP contribution is 2.35. The molecule has 0 fully saturated rings. The SMILES string of the molecule is CCc1nc2c(-c3cc(F)c(C)cc3Cl)nccc2n1C(CC)CCOC. The van der Waals surface area contributed by atoms with Crippen molar-refractivity contribution in [3.63, 3.8) is 0 Å². The van der Waals surface area contributed by atoms with E-state index in [4.69, 9.17) is 21.3 Å². The van der Waals surface area contributed by atoms with E-state index in [1.165, 1.54) is 6.07 Å². The second kappa shape index (κ2) is 8.36. The third kappa shape index (κ3) is 3.71. The smallest absolute Gasteiger partial charge is 0.126 e. The molecule has 0 bridgehead atoms. The van der Waals surface area contributed by atoms with Gasteiger partial charge in [-0.05, 0) is 43.5 Å². The van der Waals surface area contributed by atoms with Crippen LogP contribution in [-0.4, -0.2) is 28.3 Å². The Morgan fingerprint density at radius 2 is 2.07 bits per heavy atom. The predicted octanol–water partition coefficient (Wildman–Crippen LogP) is 5.75. The van der Waals surface area contributed by atoms with Crippen LogP contribution in [0, 0.1) is 12.7 Å². The second-order valence-corrected chi connectivity index (χ2v) is 7.11. The molecule has 0 saturated carbocycles. The number of methoxy groups -OCH3 is 1. The summed E-state index contributed by atoms with van der Waals surface area (Å²) in [4.78, 5) is 9.35. The van der Waals surface area contributed by atoms with Gasteiger partial charge in [-0.2, -0.15) is 0 Å². The van der Waals surface area contributed by atoms with Gasteiger partial charge in [0.2, 0.25) is 0 Å². The first-order valence-corrected chi connectivity index (χ1v) is 9.70. The maximum atomic E-state index is 14.2. The number of nitrogens with zero attached hydrogens (tertiary/aromatic N) is 3. The number of aromatic nitrogens is 3. The Kier molecular flexibility index (Phi) is 6.12.